The van der Waals surface area contributed by atoms with E-state index in [1.165, 1.54) is 12.4 Å². The van der Waals surface area contributed by atoms with Crippen molar-refractivity contribution in [2.75, 3.05) is 0 Å². The van der Waals surface area contributed by atoms with Gasteiger partial charge in [-0.25, -0.2) is 9.97 Å². The van der Waals surface area contributed by atoms with Crippen LogP contribution in [-0.2, 0) is 0 Å². The molecule has 1 amide bonds. The highest BCUT2D eigenvalue weighted by atomic mass is 35.5. The molecule has 0 saturated heterocycles. The normalized spacial score (nSPS) is 12.2. The summed E-state index contributed by atoms with van der Waals surface area (Å²) in [5.41, 5.74) is 0.287. The van der Waals surface area contributed by atoms with Crippen molar-refractivity contribution in [3.05, 3.63) is 23.2 Å². The average Bonchev–Trinajstić information content (AvgIpc) is 2.18. The Kier molecular flexibility index (Phi) is 3.83. The summed E-state index contributed by atoms with van der Waals surface area (Å²) in [5, 5.41) is 3.06. The minimum Gasteiger partial charge on any atom is -0.348 e. The van der Waals surface area contributed by atoms with E-state index in [0.29, 0.717) is 0 Å². The van der Waals surface area contributed by atoms with Crippen LogP contribution >= 0.6 is 11.6 Å². The Morgan fingerprint density at radius 1 is 1.57 bits per heavy atom. The van der Waals surface area contributed by atoms with Gasteiger partial charge in [-0.1, -0.05) is 18.5 Å². The minimum absolute atomic E-state index is 0.139. The summed E-state index contributed by atoms with van der Waals surface area (Å²) < 4.78 is 0. The van der Waals surface area contributed by atoms with Gasteiger partial charge in [0.1, 0.15) is 10.8 Å². The SMILES string of the molecule is CCC(C)NC(=O)c1cnc(Cl)cn1. The van der Waals surface area contributed by atoms with Gasteiger partial charge in [-0.05, 0) is 13.3 Å². The fourth-order valence-corrected chi connectivity index (χ4v) is 0.927. The molecular weight excluding hydrogens is 202 g/mol. The molecule has 4 nitrogen and oxygen atoms in total. The molecular formula is C9H12ClN3O. The van der Waals surface area contributed by atoms with Crippen molar-refractivity contribution < 1.29 is 4.79 Å². The number of hydrogen-bond acceptors (Lipinski definition) is 3. The molecule has 0 fully saturated rings. The molecule has 1 N–H and O–H groups in total. The van der Waals surface area contributed by atoms with Gasteiger partial charge in [0.2, 0.25) is 0 Å². The van der Waals surface area contributed by atoms with Crippen molar-refractivity contribution in [3.63, 3.8) is 0 Å². The zero-order valence-corrected chi connectivity index (χ0v) is 8.88. The Bertz CT molecular complexity index is 312. The van der Waals surface area contributed by atoms with Crippen LogP contribution in [0.5, 0.6) is 0 Å². The summed E-state index contributed by atoms with van der Waals surface area (Å²) in [4.78, 5) is 19.1. The van der Waals surface area contributed by atoms with Gasteiger partial charge in [0, 0.05) is 6.04 Å². The number of hydrogen-bond donors (Lipinski definition) is 1. The number of carbonyl (C=O) groups is 1. The van der Waals surface area contributed by atoms with Crippen molar-refractivity contribution in [2.45, 2.75) is 26.3 Å². The summed E-state index contributed by atoms with van der Waals surface area (Å²) in [7, 11) is 0. The smallest absolute Gasteiger partial charge is 0.271 e. The summed E-state index contributed by atoms with van der Waals surface area (Å²) >= 11 is 5.54. The third-order valence-corrected chi connectivity index (χ3v) is 2.04. The van der Waals surface area contributed by atoms with Crippen molar-refractivity contribution in [3.8, 4) is 0 Å². The van der Waals surface area contributed by atoms with Crippen LogP contribution in [0, 0.1) is 0 Å². The molecule has 0 aromatic carbocycles. The Balaban J connectivity index is 2.65. The van der Waals surface area contributed by atoms with E-state index in [0.717, 1.165) is 6.42 Å². The van der Waals surface area contributed by atoms with Crippen LogP contribution in [-0.4, -0.2) is 21.9 Å². The fourth-order valence-electron chi connectivity index (χ4n) is 0.829. The number of halogens is 1. The Morgan fingerprint density at radius 2 is 2.29 bits per heavy atom. The van der Waals surface area contributed by atoms with Crippen LogP contribution in [0.15, 0.2) is 12.4 Å². The highest BCUT2D eigenvalue weighted by Crippen LogP contribution is 2.01. The lowest BCUT2D eigenvalue weighted by atomic mass is 10.2. The van der Waals surface area contributed by atoms with E-state index in [1.54, 1.807) is 0 Å². The molecule has 1 unspecified atom stereocenters. The maximum atomic E-state index is 11.5. The molecule has 0 spiro atoms. The number of nitrogens with zero attached hydrogens (tertiary/aromatic N) is 2. The molecule has 1 rings (SSSR count). The quantitative estimate of drug-likeness (QED) is 0.831. The van der Waals surface area contributed by atoms with E-state index in [1.807, 2.05) is 13.8 Å². The van der Waals surface area contributed by atoms with E-state index in [9.17, 15) is 4.79 Å². The van der Waals surface area contributed by atoms with Gasteiger partial charge in [-0.3, -0.25) is 4.79 Å². The second kappa shape index (κ2) is 4.91. The molecule has 0 aliphatic heterocycles. The number of nitrogens with one attached hydrogen (secondary N) is 1. The fraction of sp³-hybridized carbons (Fsp3) is 0.444. The zero-order valence-electron chi connectivity index (χ0n) is 8.12. The Morgan fingerprint density at radius 3 is 2.79 bits per heavy atom. The standard InChI is InChI=1S/C9H12ClN3O/c1-3-6(2)13-9(14)7-4-12-8(10)5-11-7/h4-6H,3H2,1-2H3,(H,13,14). The number of amides is 1. The molecule has 0 radical (unpaired) electrons. The summed E-state index contributed by atoms with van der Waals surface area (Å²) in [5.74, 6) is -0.219. The van der Waals surface area contributed by atoms with Gasteiger partial charge < -0.3 is 5.32 Å². The largest absolute Gasteiger partial charge is 0.348 e. The second-order valence-corrected chi connectivity index (χ2v) is 3.39. The first-order chi connectivity index (χ1) is 6.63. The highest BCUT2D eigenvalue weighted by Gasteiger charge is 2.09. The van der Waals surface area contributed by atoms with Gasteiger partial charge >= 0.3 is 0 Å². The van der Waals surface area contributed by atoms with Crippen LogP contribution in [0.2, 0.25) is 5.15 Å². The average molecular weight is 214 g/mol. The van der Waals surface area contributed by atoms with Crippen LogP contribution in [0.3, 0.4) is 0 Å². The maximum absolute atomic E-state index is 11.5. The molecule has 1 heterocycles. The molecule has 5 heteroatoms. The van der Waals surface area contributed by atoms with E-state index in [4.69, 9.17) is 11.6 Å². The third-order valence-electron chi connectivity index (χ3n) is 1.84. The van der Waals surface area contributed by atoms with Gasteiger partial charge in [0.05, 0.1) is 12.4 Å². The van der Waals surface area contributed by atoms with Gasteiger partial charge in [0.15, 0.2) is 0 Å². The summed E-state index contributed by atoms with van der Waals surface area (Å²) in [6.45, 7) is 3.93. The molecule has 1 aromatic rings. The van der Waals surface area contributed by atoms with Crippen LogP contribution in [0.4, 0.5) is 0 Å². The number of rotatable bonds is 3. The van der Waals surface area contributed by atoms with Crippen molar-refractivity contribution >= 4 is 17.5 Å². The van der Waals surface area contributed by atoms with Crippen LogP contribution in [0.25, 0.3) is 0 Å². The predicted molar refractivity (Wildman–Crippen MR) is 54.3 cm³/mol. The number of carbonyl (C=O) groups excluding carboxylic acids is 1. The molecule has 1 atom stereocenters. The van der Waals surface area contributed by atoms with E-state index < -0.39 is 0 Å². The maximum Gasteiger partial charge on any atom is 0.271 e. The van der Waals surface area contributed by atoms with E-state index >= 15 is 0 Å². The van der Waals surface area contributed by atoms with Crippen molar-refractivity contribution in [1.82, 2.24) is 15.3 Å². The lowest BCUT2D eigenvalue weighted by molar-refractivity contribution is 0.0934. The lowest BCUT2D eigenvalue weighted by Crippen LogP contribution is -2.32. The highest BCUT2D eigenvalue weighted by molar-refractivity contribution is 6.29. The third kappa shape index (κ3) is 2.96. The monoisotopic (exact) mass is 213 g/mol. The second-order valence-electron chi connectivity index (χ2n) is 3.01. The summed E-state index contributed by atoms with van der Waals surface area (Å²) in [6.07, 6.45) is 3.60. The van der Waals surface area contributed by atoms with Crippen LogP contribution < -0.4 is 5.32 Å². The first-order valence-electron chi connectivity index (χ1n) is 4.42. The molecule has 0 aliphatic carbocycles. The lowest BCUT2D eigenvalue weighted by Gasteiger charge is -2.10. The Hall–Kier alpha value is -1.16. The minimum atomic E-state index is -0.219. The van der Waals surface area contributed by atoms with Gasteiger partial charge in [-0.2, -0.15) is 0 Å². The molecule has 0 bridgehead atoms. The molecule has 0 saturated carbocycles. The number of aromatic nitrogens is 2. The van der Waals surface area contributed by atoms with E-state index in [-0.39, 0.29) is 22.8 Å². The topological polar surface area (TPSA) is 54.9 Å². The first kappa shape index (κ1) is 10.9. The van der Waals surface area contributed by atoms with Gasteiger partial charge in [0.25, 0.3) is 5.91 Å². The van der Waals surface area contributed by atoms with Crippen molar-refractivity contribution in [2.24, 2.45) is 0 Å². The first-order valence-corrected chi connectivity index (χ1v) is 4.79. The van der Waals surface area contributed by atoms with Crippen molar-refractivity contribution in [1.29, 1.82) is 0 Å². The summed E-state index contributed by atoms with van der Waals surface area (Å²) in [6, 6.07) is 0.139. The van der Waals surface area contributed by atoms with Crippen LogP contribution in [0.1, 0.15) is 30.8 Å². The predicted octanol–water partition coefficient (Wildman–Crippen LogP) is 1.66. The van der Waals surface area contributed by atoms with Gasteiger partial charge in [-0.15, -0.1) is 0 Å². The van der Waals surface area contributed by atoms with E-state index in [2.05, 4.69) is 15.3 Å². The molecule has 14 heavy (non-hydrogen) atoms. The molecule has 0 aliphatic rings. The molecule has 1 aromatic heterocycles. The molecule has 76 valence electrons. The Labute approximate surface area is 87.7 Å². The zero-order chi connectivity index (χ0) is 10.6.